The number of aromatic nitrogens is 2. The summed E-state index contributed by atoms with van der Waals surface area (Å²) in [5.74, 6) is 0. The molecule has 20 heavy (non-hydrogen) atoms. The van der Waals surface area contributed by atoms with Crippen LogP contribution in [0, 0.1) is 0 Å². The molecule has 3 rings (SSSR count). The van der Waals surface area contributed by atoms with Crippen molar-refractivity contribution in [2.75, 3.05) is 18.4 Å². The van der Waals surface area contributed by atoms with Gasteiger partial charge in [-0.25, -0.2) is 0 Å². The van der Waals surface area contributed by atoms with Crippen molar-refractivity contribution < 1.29 is 0 Å². The van der Waals surface area contributed by atoms with E-state index in [0.29, 0.717) is 12.1 Å². The second-order valence-corrected chi connectivity index (χ2v) is 6.07. The quantitative estimate of drug-likeness (QED) is 0.901. The number of hydrogen-bond acceptors (Lipinski definition) is 3. The van der Waals surface area contributed by atoms with Gasteiger partial charge in [-0.2, -0.15) is 5.10 Å². The molecule has 4 nitrogen and oxygen atoms in total. The highest BCUT2D eigenvalue weighted by Crippen LogP contribution is 2.21. The molecule has 4 heteroatoms. The smallest absolute Gasteiger partial charge is 0.0651 e. The Morgan fingerprint density at radius 3 is 3.05 bits per heavy atom. The third kappa shape index (κ3) is 2.96. The van der Waals surface area contributed by atoms with Crippen molar-refractivity contribution in [2.45, 2.75) is 45.2 Å². The molecule has 0 radical (unpaired) electrons. The fourth-order valence-corrected chi connectivity index (χ4v) is 3.05. The highest BCUT2D eigenvalue weighted by molar-refractivity contribution is 5.81. The van der Waals surface area contributed by atoms with Gasteiger partial charge in [0.15, 0.2) is 0 Å². The maximum absolute atomic E-state index is 4.07. The molecular weight excluding hydrogens is 248 g/mol. The lowest BCUT2D eigenvalue weighted by Gasteiger charge is -2.24. The Bertz CT molecular complexity index is 560. The van der Waals surface area contributed by atoms with Crippen LogP contribution in [-0.2, 0) is 0 Å². The largest absolute Gasteiger partial charge is 0.382 e. The fourth-order valence-electron chi connectivity index (χ4n) is 3.05. The number of H-pyrrole nitrogens is 1. The summed E-state index contributed by atoms with van der Waals surface area (Å²) in [5, 5.41) is 11.9. The van der Waals surface area contributed by atoms with E-state index < -0.39 is 0 Å². The zero-order valence-electron chi connectivity index (χ0n) is 12.4. The molecule has 1 unspecified atom stereocenters. The van der Waals surface area contributed by atoms with Gasteiger partial charge < -0.3 is 10.2 Å². The topological polar surface area (TPSA) is 44.0 Å². The van der Waals surface area contributed by atoms with Crippen LogP contribution in [0.25, 0.3) is 10.9 Å². The minimum Gasteiger partial charge on any atom is -0.382 e. The summed E-state index contributed by atoms with van der Waals surface area (Å²) < 4.78 is 0. The van der Waals surface area contributed by atoms with Gasteiger partial charge in [-0.3, -0.25) is 5.10 Å². The molecule has 1 saturated heterocycles. The molecule has 1 atom stereocenters. The van der Waals surface area contributed by atoms with E-state index in [-0.39, 0.29) is 0 Å². The average Bonchev–Trinajstić information content (AvgIpc) is 2.76. The van der Waals surface area contributed by atoms with Crippen molar-refractivity contribution in [1.29, 1.82) is 0 Å². The molecule has 1 aliphatic heterocycles. The van der Waals surface area contributed by atoms with Crippen molar-refractivity contribution in [3.63, 3.8) is 0 Å². The number of hydrogen-bond donors (Lipinski definition) is 2. The van der Waals surface area contributed by atoms with Crippen LogP contribution in [0.5, 0.6) is 0 Å². The molecule has 0 saturated carbocycles. The molecule has 2 heterocycles. The number of likely N-dealkylation sites (tertiary alicyclic amines) is 1. The van der Waals surface area contributed by atoms with Crippen LogP contribution in [0.3, 0.4) is 0 Å². The third-order valence-electron chi connectivity index (χ3n) is 4.30. The Hall–Kier alpha value is -1.55. The van der Waals surface area contributed by atoms with Gasteiger partial charge in [0, 0.05) is 29.7 Å². The summed E-state index contributed by atoms with van der Waals surface area (Å²) in [5.41, 5.74) is 2.31. The van der Waals surface area contributed by atoms with Crippen LogP contribution >= 0.6 is 0 Å². The van der Waals surface area contributed by atoms with E-state index in [1.54, 1.807) is 0 Å². The SMILES string of the molecule is CC(C)N1CCCC(Nc2ccc3[nH]ncc3c2)CC1. The average molecular weight is 272 g/mol. The Labute approximate surface area is 120 Å². The summed E-state index contributed by atoms with van der Waals surface area (Å²) >= 11 is 0. The first kappa shape index (κ1) is 13.4. The summed E-state index contributed by atoms with van der Waals surface area (Å²) in [6.07, 6.45) is 5.64. The predicted molar refractivity (Wildman–Crippen MR) is 84.1 cm³/mol. The van der Waals surface area contributed by atoms with Crippen molar-refractivity contribution in [3.8, 4) is 0 Å². The number of anilines is 1. The molecule has 0 amide bonds. The van der Waals surface area contributed by atoms with Crippen LogP contribution < -0.4 is 5.32 Å². The summed E-state index contributed by atoms with van der Waals surface area (Å²) in [6, 6.07) is 7.68. The van der Waals surface area contributed by atoms with Gasteiger partial charge >= 0.3 is 0 Å². The first-order chi connectivity index (χ1) is 9.72. The molecule has 1 aromatic heterocycles. The second-order valence-electron chi connectivity index (χ2n) is 6.07. The number of nitrogens with zero attached hydrogens (tertiary/aromatic N) is 2. The number of aromatic amines is 1. The highest BCUT2D eigenvalue weighted by Gasteiger charge is 2.18. The third-order valence-corrected chi connectivity index (χ3v) is 4.30. The van der Waals surface area contributed by atoms with Crippen molar-refractivity contribution in [3.05, 3.63) is 24.4 Å². The molecule has 108 valence electrons. The highest BCUT2D eigenvalue weighted by atomic mass is 15.1. The van der Waals surface area contributed by atoms with Gasteiger partial charge in [-0.1, -0.05) is 0 Å². The first-order valence-corrected chi connectivity index (χ1v) is 7.66. The van der Waals surface area contributed by atoms with Crippen LogP contribution in [-0.4, -0.2) is 40.3 Å². The molecule has 1 aromatic carbocycles. The molecule has 2 N–H and O–H groups in total. The van der Waals surface area contributed by atoms with Gasteiger partial charge in [0.25, 0.3) is 0 Å². The van der Waals surface area contributed by atoms with Crippen molar-refractivity contribution in [1.82, 2.24) is 15.1 Å². The molecule has 0 bridgehead atoms. The molecule has 1 fully saturated rings. The Morgan fingerprint density at radius 1 is 1.30 bits per heavy atom. The first-order valence-electron chi connectivity index (χ1n) is 7.66. The monoisotopic (exact) mass is 272 g/mol. The summed E-state index contributed by atoms with van der Waals surface area (Å²) in [4.78, 5) is 2.58. The molecule has 0 spiro atoms. The van der Waals surface area contributed by atoms with Crippen molar-refractivity contribution in [2.24, 2.45) is 0 Å². The number of rotatable bonds is 3. The van der Waals surface area contributed by atoms with E-state index in [2.05, 4.69) is 52.5 Å². The fraction of sp³-hybridized carbons (Fsp3) is 0.562. The Morgan fingerprint density at radius 2 is 2.20 bits per heavy atom. The van der Waals surface area contributed by atoms with E-state index in [9.17, 15) is 0 Å². The van der Waals surface area contributed by atoms with Crippen LogP contribution in [0.2, 0.25) is 0 Å². The van der Waals surface area contributed by atoms with Crippen LogP contribution in [0.15, 0.2) is 24.4 Å². The Balaban J connectivity index is 1.65. The predicted octanol–water partition coefficient (Wildman–Crippen LogP) is 3.24. The van der Waals surface area contributed by atoms with E-state index in [4.69, 9.17) is 0 Å². The molecule has 2 aromatic rings. The zero-order chi connectivity index (χ0) is 13.9. The maximum Gasteiger partial charge on any atom is 0.0651 e. The summed E-state index contributed by atoms with van der Waals surface area (Å²) in [7, 11) is 0. The molecule has 1 aliphatic rings. The van der Waals surface area contributed by atoms with E-state index in [1.807, 2.05) is 6.20 Å². The maximum atomic E-state index is 4.07. The van der Waals surface area contributed by atoms with Crippen molar-refractivity contribution >= 4 is 16.6 Å². The molecule has 0 aliphatic carbocycles. The lowest BCUT2D eigenvalue weighted by molar-refractivity contribution is 0.230. The standard InChI is InChI=1S/C16H24N4/c1-12(2)20-8-3-4-14(7-9-20)18-15-5-6-16-13(10-15)11-17-19-16/h5-6,10-12,14,18H,3-4,7-9H2,1-2H3,(H,17,19). The minimum atomic E-state index is 0.586. The second kappa shape index (κ2) is 5.83. The van der Waals surface area contributed by atoms with E-state index >= 15 is 0 Å². The number of fused-ring (bicyclic) bond motifs is 1. The normalized spacial score (nSPS) is 21.2. The van der Waals surface area contributed by atoms with E-state index in [0.717, 1.165) is 5.52 Å². The number of benzene rings is 1. The van der Waals surface area contributed by atoms with Crippen LogP contribution in [0.4, 0.5) is 5.69 Å². The van der Waals surface area contributed by atoms with Gasteiger partial charge in [-0.05, 0) is 57.9 Å². The van der Waals surface area contributed by atoms with Gasteiger partial charge in [0.2, 0.25) is 0 Å². The number of nitrogens with one attached hydrogen (secondary N) is 2. The molecular formula is C16H24N4. The lowest BCUT2D eigenvalue weighted by Crippen LogP contribution is -2.32. The van der Waals surface area contributed by atoms with E-state index in [1.165, 1.54) is 43.4 Å². The van der Waals surface area contributed by atoms with Crippen LogP contribution in [0.1, 0.15) is 33.1 Å². The van der Waals surface area contributed by atoms with Gasteiger partial charge in [0.05, 0.1) is 11.7 Å². The Kier molecular flexibility index (Phi) is 3.92. The van der Waals surface area contributed by atoms with Gasteiger partial charge in [0.1, 0.15) is 0 Å². The zero-order valence-corrected chi connectivity index (χ0v) is 12.4. The minimum absolute atomic E-state index is 0.586. The summed E-state index contributed by atoms with van der Waals surface area (Å²) in [6.45, 7) is 7.01. The lowest BCUT2D eigenvalue weighted by atomic mass is 10.1. The van der Waals surface area contributed by atoms with Gasteiger partial charge in [-0.15, -0.1) is 0 Å².